The molecule has 1 atom stereocenters. The molecule has 1 amide bonds. The number of fused-ring (bicyclic) bond motifs is 1. The summed E-state index contributed by atoms with van der Waals surface area (Å²) in [5, 5.41) is 3.06. The zero-order valence-electron chi connectivity index (χ0n) is 18.8. The fourth-order valence-electron chi connectivity index (χ4n) is 3.97. The highest BCUT2D eigenvalue weighted by molar-refractivity contribution is 6.30. The van der Waals surface area contributed by atoms with Crippen molar-refractivity contribution < 1.29 is 4.79 Å². The third-order valence-electron chi connectivity index (χ3n) is 6.07. The van der Waals surface area contributed by atoms with Gasteiger partial charge < -0.3 is 9.80 Å². The van der Waals surface area contributed by atoms with Crippen molar-refractivity contribution in [3.05, 3.63) is 101 Å². The first kappa shape index (κ1) is 21.9. The minimum absolute atomic E-state index is 0.00192. The minimum Gasteiger partial charge on any atom is -0.378 e. The van der Waals surface area contributed by atoms with E-state index in [0.717, 1.165) is 22.4 Å². The zero-order valence-corrected chi connectivity index (χ0v) is 19.6. The first-order chi connectivity index (χ1) is 15.3. The number of halogens is 1. The Balaban J connectivity index is 1.58. The van der Waals surface area contributed by atoms with E-state index < -0.39 is 0 Å². The van der Waals surface area contributed by atoms with Crippen LogP contribution in [0.1, 0.15) is 28.9 Å². The average molecular weight is 443 g/mol. The van der Waals surface area contributed by atoms with E-state index in [2.05, 4.69) is 48.2 Å². The maximum Gasteiger partial charge on any atom is 0.254 e. The van der Waals surface area contributed by atoms with Gasteiger partial charge in [0.2, 0.25) is 0 Å². The van der Waals surface area contributed by atoms with Crippen molar-refractivity contribution in [2.75, 3.05) is 26.0 Å². The maximum absolute atomic E-state index is 13.2. The lowest BCUT2D eigenvalue weighted by molar-refractivity contribution is 0.0743. The molecule has 4 rings (SSSR count). The Hall–Kier alpha value is -3.30. The van der Waals surface area contributed by atoms with Crippen LogP contribution in [0.3, 0.4) is 0 Å². The van der Waals surface area contributed by atoms with Crippen molar-refractivity contribution in [2.45, 2.75) is 13.0 Å². The summed E-state index contributed by atoms with van der Waals surface area (Å²) >= 11 is 5.99. The Morgan fingerprint density at radius 1 is 0.812 bits per heavy atom. The molecule has 0 aliphatic rings. The molecule has 4 aromatic carbocycles. The lowest BCUT2D eigenvalue weighted by Gasteiger charge is -2.27. The van der Waals surface area contributed by atoms with Crippen molar-refractivity contribution in [3.63, 3.8) is 0 Å². The summed E-state index contributed by atoms with van der Waals surface area (Å²) in [6, 6.07) is 28.1. The van der Waals surface area contributed by atoms with Gasteiger partial charge in [0.15, 0.2) is 0 Å². The number of hydrogen-bond acceptors (Lipinski definition) is 2. The van der Waals surface area contributed by atoms with Gasteiger partial charge >= 0.3 is 0 Å². The molecule has 0 aliphatic heterocycles. The lowest BCUT2D eigenvalue weighted by Crippen LogP contribution is -2.29. The molecule has 0 radical (unpaired) electrons. The molecule has 4 heteroatoms. The van der Waals surface area contributed by atoms with Gasteiger partial charge in [-0.25, -0.2) is 0 Å². The number of carbonyl (C=O) groups is 1. The summed E-state index contributed by atoms with van der Waals surface area (Å²) in [6.45, 7) is 2.08. The third kappa shape index (κ3) is 4.35. The molecule has 0 spiro atoms. The maximum atomic E-state index is 13.2. The van der Waals surface area contributed by atoms with Crippen LogP contribution < -0.4 is 4.90 Å². The molecule has 0 heterocycles. The summed E-state index contributed by atoms with van der Waals surface area (Å²) in [5.74, 6) is 0.00192. The second-order valence-electron chi connectivity index (χ2n) is 8.32. The number of carbonyl (C=O) groups excluding carboxylic acids is 1. The van der Waals surface area contributed by atoms with E-state index in [1.54, 1.807) is 0 Å². The average Bonchev–Trinajstić information content (AvgIpc) is 2.82. The van der Waals surface area contributed by atoms with Crippen LogP contribution in [-0.2, 0) is 0 Å². The van der Waals surface area contributed by atoms with Crippen LogP contribution in [0.15, 0.2) is 84.9 Å². The molecular weight excluding hydrogens is 416 g/mol. The van der Waals surface area contributed by atoms with Crippen LogP contribution in [0.5, 0.6) is 0 Å². The Bertz CT molecular complexity index is 1250. The van der Waals surface area contributed by atoms with E-state index in [1.807, 2.05) is 74.6 Å². The third-order valence-corrected chi connectivity index (χ3v) is 6.33. The highest BCUT2D eigenvalue weighted by atomic mass is 35.5. The Morgan fingerprint density at radius 2 is 1.44 bits per heavy atom. The summed E-state index contributed by atoms with van der Waals surface area (Å²) < 4.78 is 0. The van der Waals surface area contributed by atoms with E-state index in [4.69, 9.17) is 11.6 Å². The second kappa shape index (κ2) is 9.05. The van der Waals surface area contributed by atoms with Gasteiger partial charge in [0.05, 0.1) is 6.04 Å². The quantitative estimate of drug-likeness (QED) is 0.330. The van der Waals surface area contributed by atoms with Crippen LogP contribution in [0.25, 0.3) is 21.9 Å². The first-order valence-corrected chi connectivity index (χ1v) is 11.1. The minimum atomic E-state index is -0.0626. The van der Waals surface area contributed by atoms with Gasteiger partial charge in [-0.2, -0.15) is 0 Å². The molecule has 1 unspecified atom stereocenters. The fraction of sp³-hybridized carbons (Fsp3) is 0.179. The Morgan fingerprint density at radius 3 is 2.06 bits per heavy atom. The van der Waals surface area contributed by atoms with Gasteiger partial charge in [0.1, 0.15) is 0 Å². The summed E-state index contributed by atoms with van der Waals surface area (Å²) in [7, 11) is 5.95. The zero-order chi connectivity index (χ0) is 22.8. The van der Waals surface area contributed by atoms with Gasteiger partial charge in [-0.3, -0.25) is 4.79 Å². The summed E-state index contributed by atoms with van der Waals surface area (Å²) in [4.78, 5) is 17.1. The first-order valence-electron chi connectivity index (χ1n) is 10.7. The molecule has 32 heavy (non-hydrogen) atoms. The standard InChI is InChI=1S/C28H27ClN2O/c1-19(26-7-5-6-23-18-25(30(2)3)16-17-27(23)26)31(4)28(32)22-10-8-20(9-11-22)21-12-14-24(29)15-13-21/h5-19H,1-4H3. The van der Waals surface area contributed by atoms with Gasteiger partial charge in [0.25, 0.3) is 5.91 Å². The molecule has 4 aromatic rings. The monoisotopic (exact) mass is 442 g/mol. The predicted octanol–water partition coefficient (Wildman–Crippen LogP) is 7.06. The topological polar surface area (TPSA) is 23.6 Å². The van der Waals surface area contributed by atoms with E-state index in [9.17, 15) is 4.79 Å². The summed E-state index contributed by atoms with van der Waals surface area (Å²) in [5.41, 5.74) is 5.10. The molecule has 0 aromatic heterocycles. The highest BCUT2D eigenvalue weighted by Gasteiger charge is 2.20. The molecular formula is C28H27ClN2O. The molecule has 0 N–H and O–H groups in total. The highest BCUT2D eigenvalue weighted by Crippen LogP contribution is 2.31. The fourth-order valence-corrected chi connectivity index (χ4v) is 4.10. The number of rotatable bonds is 5. The predicted molar refractivity (Wildman–Crippen MR) is 136 cm³/mol. The number of hydrogen-bond donors (Lipinski definition) is 0. The van der Waals surface area contributed by atoms with Crippen LogP contribution in [-0.4, -0.2) is 32.0 Å². The van der Waals surface area contributed by atoms with Crippen LogP contribution >= 0.6 is 11.6 Å². The molecule has 0 bridgehead atoms. The molecule has 0 aliphatic carbocycles. The van der Waals surface area contributed by atoms with Gasteiger partial charge in [-0.15, -0.1) is 0 Å². The van der Waals surface area contributed by atoms with Crippen molar-refractivity contribution >= 4 is 34.0 Å². The smallest absolute Gasteiger partial charge is 0.254 e. The number of anilines is 1. The second-order valence-corrected chi connectivity index (χ2v) is 8.76. The van der Waals surface area contributed by atoms with Gasteiger partial charge in [-0.1, -0.05) is 60.1 Å². The van der Waals surface area contributed by atoms with E-state index in [0.29, 0.717) is 10.6 Å². The lowest BCUT2D eigenvalue weighted by atomic mass is 9.97. The van der Waals surface area contributed by atoms with Crippen molar-refractivity contribution in [2.24, 2.45) is 0 Å². The van der Waals surface area contributed by atoms with Crippen molar-refractivity contribution in [3.8, 4) is 11.1 Å². The van der Waals surface area contributed by atoms with Gasteiger partial charge in [0, 0.05) is 37.4 Å². The Kier molecular flexibility index (Phi) is 6.20. The largest absolute Gasteiger partial charge is 0.378 e. The van der Waals surface area contributed by atoms with Crippen molar-refractivity contribution in [1.82, 2.24) is 4.90 Å². The summed E-state index contributed by atoms with van der Waals surface area (Å²) in [6.07, 6.45) is 0. The SMILES string of the molecule is CC(c1cccc2cc(N(C)C)ccc12)N(C)C(=O)c1ccc(-c2ccc(Cl)cc2)cc1. The molecule has 3 nitrogen and oxygen atoms in total. The van der Waals surface area contributed by atoms with E-state index >= 15 is 0 Å². The van der Waals surface area contributed by atoms with Crippen LogP contribution in [0.4, 0.5) is 5.69 Å². The molecule has 162 valence electrons. The normalized spacial score (nSPS) is 11.9. The van der Waals surface area contributed by atoms with Crippen LogP contribution in [0.2, 0.25) is 5.02 Å². The number of nitrogens with zero attached hydrogens (tertiary/aromatic N) is 2. The molecule has 0 saturated heterocycles. The number of amides is 1. The molecule has 0 saturated carbocycles. The van der Waals surface area contributed by atoms with Crippen LogP contribution in [0, 0.1) is 0 Å². The van der Waals surface area contributed by atoms with Crippen molar-refractivity contribution in [1.29, 1.82) is 0 Å². The molecule has 0 fully saturated rings. The van der Waals surface area contributed by atoms with E-state index in [-0.39, 0.29) is 11.9 Å². The Labute approximate surface area is 194 Å². The number of benzene rings is 4. The van der Waals surface area contributed by atoms with E-state index in [1.165, 1.54) is 10.8 Å². The van der Waals surface area contributed by atoms with Gasteiger partial charge in [-0.05, 0) is 70.8 Å².